The summed E-state index contributed by atoms with van der Waals surface area (Å²) in [6.45, 7) is 3.21. The van der Waals surface area contributed by atoms with Crippen LogP contribution in [0.4, 0.5) is 4.79 Å². The quantitative estimate of drug-likeness (QED) is 0.251. The van der Waals surface area contributed by atoms with E-state index in [4.69, 9.17) is 10.9 Å². The highest BCUT2D eigenvalue weighted by atomic mass is 16.4. The van der Waals surface area contributed by atoms with E-state index in [-0.39, 0.29) is 17.3 Å². The van der Waals surface area contributed by atoms with Gasteiger partial charge in [0.05, 0.1) is 0 Å². The van der Waals surface area contributed by atoms with Gasteiger partial charge in [0, 0.05) is 25.6 Å². The average molecular weight is 214 g/mol. The summed E-state index contributed by atoms with van der Waals surface area (Å²) in [5, 5.41) is 14.3. The number of nitrogens with one attached hydrogen (secondary N) is 1. The van der Waals surface area contributed by atoms with E-state index in [2.05, 4.69) is 10.5 Å². The van der Waals surface area contributed by atoms with Gasteiger partial charge in [-0.25, -0.2) is 4.79 Å². The van der Waals surface area contributed by atoms with Crippen LogP contribution in [0.5, 0.6) is 0 Å². The van der Waals surface area contributed by atoms with Gasteiger partial charge in [-0.3, -0.25) is 0 Å². The van der Waals surface area contributed by atoms with Crippen molar-refractivity contribution in [2.24, 2.45) is 16.3 Å². The van der Waals surface area contributed by atoms with Gasteiger partial charge < -0.3 is 21.2 Å². The van der Waals surface area contributed by atoms with Crippen LogP contribution in [0, 0.1) is 5.41 Å². The third kappa shape index (κ3) is 2.31. The third-order valence-corrected chi connectivity index (χ3v) is 3.09. The molecule has 86 valence electrons. The Bertz CT molecular complexity index is 269. The Morgan fingerprint density at radius 1 is 1.53 bits per heavy atom. The normalized spacial score (nSPS) is 21.2. The van der Waals surface area contributed by atoms with E-state index in [9.17, 15) is 4.79 Å². The molecule has 6 nitrogen and oxygen atoms in total. The Hall–Kier alpha value is -1.46. The maximum atomic E-state index is 11.3. The van der Waals surface area contributed by atoms with Crippen molar-refractivity contribution < 1.29 is 10.0 Å². The van der Waals surface area contributed by atoms with Crippen molar-refractivity contribution in [1.82, 2.24) is 10.2 Å². The number of amides is 2. The summed E-state index contributed by atoms with van der Waals surface area (Å²) in [6, 6.07) is -0.0726. The van der Waals surface area contributed by atoms with Crippen LogP contribution in [-0.2, 0) is 0 Å². The number of carbonyl (C=O) groups is 1. The Morgan fingerprint density at radius 2 is 2.07 bits per heavy atom. The Balaban J connectivity index is 2.59. The molecule has 0 aromatic heterocycles. The van der Waals surface area contributed by atoms with E-state index in [0.717, 1.165) is 12.8 Å². The molecule has 1 saturated heterocycles. The molecular weight excluding hydrogens is 196 g/mol. The summed E-state index contributed by atoms with van der Waals surface area (Å²) in [6.07, 6.45) is 1.44. The van der Waals surface area contributed by atoms with E-state index in [1.807, 2.05) is 6.92 Å². The molecule has 0 aliphatic carbocycles. The van der Waals surface area contributed by atoms with Crippen LogP contribution >= 0.6 is 0 Å². The van der Waals surface area contributed by atoms with Gasteiger partial charge in [0.15, 0.2) is 0 Å². The Kier molecular flexibility index (Phi) is 3.39. The van der Waals surface area contributed by atoms with Gasteiger partial charge in [0.2, 0.25) is 0 Å². The molecule has 0 aromatic rings. The summed E-state index contributed by atoms with van der Waals surface area (Å²) in [4.78, 5) is 13.0. The number of likely N-dealkylation sites (tertiary alicyclic amines) is 1. The van der Waals surface area contributed by atoms with Gasteiger partial charge in [0.25, 0.3) is 0 Å². The zero-order valence-corrected chi connectivity index (χ0v) is 9.16. The van der Waals surface area contributed by atoms with Gasteiger partial charge in [0.1, 0.15) is 5.84 Å². The second-order valence-electron chi connectivity index (χ2n) is 4.09. The third-order valence-electron chi connectivity index (χ3n) is 3.09. The van der Waals surface area contributed by atoms with Gasteiger partial charge in [-0.15, -0.1) is 0 Å². The molecule has 2 amide bonds. The van der Waals surface area contributed by atoms with Crippen LogP contribution in [0.2, 0.25) is 0 Å². The highest BCUT2D eigenvalue weighted by Crippen LogP contribution is 2.30. The molecule has 0 aromatic carbocycles. The van der Waals surface area contributed by atoms with Gasteiger partial charge in [-0.05, 0) is 12.8 Å². The molecule has 0 unspecified atom stereocenters. The monoisotopic (exact) mass is 214 g/mol. The lowest BCUT2D eigenvalue weighted by atomic mass is 9.79. The molecule has 1 aliphatic heterocycles. The summed E-state index contributed by atoms with van der Waals surface area (Å²) in [5.74, 6) is 0.249. The second kappa shape index (κ2) is 4.37. The number of nitrogens with zero attached hydrogens (tertiary/aromatic N) is 2. The van der Waals surface area contributed by atoms with Crippen LogP contribution in [-0.4, -0.2) is 42.1 Å². The minimum atomic E-state index is -0.292. The van der Waals surface area contributed by atoms with Gasteiger partial charge in [-0.1, -0.05) is 12.1 Å². The van der Waals surface area contributed by atoms with Crippen molar-refractivity contribution in [1.29, 1.82) is 0 Å². The van der Waals surface area contributed by atoms with E-state index < -0.39 is 0 Å². The summed E-state index contributed by atoms with van der Waals surface area (Å²) in [5.41, 5.74) is 5.32. The predicted molar refractivity (Wildman–Crippen MR) is 56.8 cm³/mol. The van der Waals surface area contributed by atoms with Gasteiger partial charge in [-0.2, -0.15) is 0 Å². The average Bonchev–Trinajstić information content (AvgIpc) is 2.28. The number of hydrogen-bond donors (Lipinski definition) is 3. The number of urea groups is 1. The highest BCUT2D eigenvalue weighted by Gasteiger charge is 2.35. The molecule has 1 heterocycles. The largest absolute Gasteiger partial charge is 0.409 e. The topological polar surface area (TPSA) is 91.0 Å². The predicted octanol–water partition coefficient (Wildman–Crippen LogP) is 0.174. The van der Waals surface area contributed by atoms with Crippen molar-refractivity contribution in [3.63, 3.8) is 0 Å². The van der Waals surface area contributed by atoms with Gasteiger partial charge >= 0.3 is 6.03 Å². The highest BCUT2D eigenvalue weighted by molar-refractivity contribution is 5.86. The molecular formula is C9H18N4O2. The van der Waals surface area contributed by atoms with Crippen molar-refractivity contribution in [2.75, 3.05) is 20.1 Å². The Morgan fingerprint density at radius 3 is 2.47 bits per heavy atom. The molecule has 0 spiro atoms. The number of oxime groups is 1. The van der Waals surface area contributed by atoms with E-state index >= 15 is 0 Å². The molecule has 4 N–H and O–H groups in total. The zero-order valence-electron chi connectivity index (χ0n) is 9.16. The fourth-order valence-electron chi connectivity index (χ4n) is 1.74. The molecule has 0 atom stereocenters. The number of nitrogens with two attached hydrogens (primary N) is 1. The smallest absolute Gasteiger partial charge is 0.317 e. The van der Waals surface area contributed by atoms with Crippen molar-refractivity contribution in [2.45, 2.75) is 19.8 Å². The number of carbonyl (C=O) groups excluding carboxylic acids is 1. The van der Waals surface area contributed by atoms with Crippen molar-refractivity contribution in [3.8, 4) is 0 Å². The number of amidine groups is 1. The molecule has 0 bridgehead atoms. The molecule has 1 fully saturated rings. The summed E-state index contributed by atoms with van der Waals surface area (Å²) in [7, 11) is 1.61. The van der Waals surface area contributed by atoms with Crippen LogP contribution in [0.25, 0.3) is 0 Å². The van der Waals surface area contributed by atoms with Crippen LogP contribution in [0.15, 0.2) is 5.16 Å². The van der Waals surface area contributed by atoms with E-state index in [1.165, 1.54) is 0 Å². The van der Waals surface area contributed by atoms with E-state index in [0.29, 0.717) is 13.1 Å². The van der Waals surface area contributed by atoms with Crippen molar-refractivity contribution in [3.05, 3.63) is 0 Å². The van der Waals surface area contributed by atoms with Crippen LogP contribution < -0.4 is 11.1 Å². The molecule has 0 saturated carbocycles. The zero-order chi connectivity index (χ0) is 11.5. The minimum Gasteiger partial charge on any atom is -0.409 e. The molecule has 15 heavy (non-hydrogen) atoms. The number of rotatable bonds is 1. The summed E-state index contributed by atoms with van der Waals surface area (Å²) < 4.78 is 0. The SMILES string of the molecule is CNC(=O)N1CCC(C)(C(N)=NO)CC1. The first-order chi connectivity index (χ1) is 7.03. The first-order valence-electron chi connectivity index (χ1n) is 4.98. The number of piperidine rings is 1. The fraction of sp³-hybridized carbons (Fsp3) is 0.778. The number of hydrogen-bond acceptors (Lipinski definition) is 3. The van der Waals surface area contributed by atoms with Crippen molar-refractivity contribution >= 4 is 11.9 Å². The standard InChI is InChI=1S/C9H18N4O2/c1-9(7(10)12-15)3-5-13(6-4-9)8(14)11-2/h15H,3-6H2,1-2H3,(H2,10,12)(H,11,14). The molecule has 1 rings (SSSR count). The maximum Gasteiger partial charge on any atom is 0.317 e. The fourth-order valence-corrected chi connectivity index (χ4v) is 1.74. The Labute approximate surface area is 89.1 Å². The maximum absolute atomic E-state index is 11.3. The minimum absolute atomic E-state index is 0.0726. The second-order valence-corrected chi connectivity index (χ2v) is 4.09. The first-order valence-corrected chi connectivity index (χ1v) is 4.98. The first kappa shape index (κ1) is 11.6. The lowest BCUT2D eigenvalue weighted by Crippen LogP contribution is -2.49. The van der Waals surface area contributed by atoms with E-state index in [1.54, 1.807) is 11.9 Å². The molecule has 1 aliphatic rings. The molecule has 6 heteroatoms. The molecule has 0 radical (unpaired) electrons. The lowest BCUT2D eigenvalue weighted by molar-refractivity contribution is 0.159. The van der Waals surface area contributed by atoms with Crippen LogP contribution in [0.1, 0.15) is 19.8 Å². The lowest BCUT2D eigenvalue weighted by Gasteiger charge is -2.38. The summed E-state index contributed by atoms with van der Waals surface area (Å²) >= 11 is 0. The van der Waals surface area contributed by atoms with Crippen LogP contribution in [0.3, 0.4) is 0 Å².